The van der Waals surface area contributed by atoms with Gasteiger partial charge in [-0.15, -0.1) is 0 Å². The van der Waals surface area contributed by atoms with Gasteiger partial charge in [0.2, 0.25) is 0 Å². The zero-order chi connectivity index (χ0) is 8.55. The number of H-pyrrole nitrogens is 1. The van der Waals surface area contributed by atoms with E-state index in [-0.39, 0.29) is 5.78 Å². The van der Waals surface area contributed by atoms with Crippen LogP contribution in [-0.4, -0.2) is 10.8 Å². The van der Waals surface area contributed by atoms with Gasteiger partial charge in [-0.2, -0.15) is 0 Å². The van der Waals surface area contributed by atoms with E-state index in [0.29, 0.717) is 0 Å². The van der Waals surface area contributed by atoms with E-state index < -0.39 is 0 Å². The van der Waals surface area contributed by atoms with E-state index in [1.54, 1.807) is 13.1 Å². The highest BCUT2D eigenvalue weighted by Gasteiger charge is 2.05. The van der Waals surface area contributed by atoms with Crippen LogP contribution in [0.15, 0.2) is 24.4 Å². The molecule has 2 rings (SSSR count). The SMILES string of the molecule is CC(=O)c1c[nH]c2cc[c]cc12. The fraction of sp³-hybridized carbons (Fsp3) is 0.100. The highest BCUT2D eigenvalue weighted by molar-refractivity contribution is 6.06. The number of carbonyl (C=O) groups is 1. The molecule has 1 aromatic heterocycles. The fourth-order valence-electron chi connectivity index (χ4n) is 1.30. The third kappa shape index (κ3) is 0.925. The molecule has 0 saturated heterocycles. The van der Waals surface area contributed by atoms with E-state index in [9.17, 15) is 4.79 Å². The van der Waals surface area contributed by atoms with E-state index in [0.717, 1.165) is 16.5 Å². The number of carbonyl (C=O) groups excluding carboxylic acids is 1. The maximum Gasteiger partial charge on any atom is 0.161 e. The molecule has 0 bridgehead atoms. The quantitative estimate of drug-likeness (QED) is 0.634. The fourth-order valence-corrected chi connectivity index (χ4v) is 1.30. The van der Waals surface area contributed by atoms with Crippen LogP contribution in [0.4, 0.5) is 0 Å². The molecular weight excluding hydrogens is 150 g/mol. The topological polar surface area (TPSA) is 32.9 Å². The molecule has 1 aromatic carbocycles. The van der Waals surface area contributed by atoms with Crippen LogP contribution in [-0.2, 0) is 0 Å². The zero-order valence-corrected chi connectivity index (χ0v) is 6.72. The molecule has 0 aliphatic heterocycles. The molecule has 2 nitrogen and oxygen atoms in total. The lowest BCUT2D eigenvalue weighted by Crippen LogP contribution is -1.87. The molecule has 1 heterocycles. The van der Waals surface area contributed by atoms with E-state index in [1.807, 2.05) is 18.2 Å². The first-order valence-electron chi connectivity index (χ1n) is 3.77. The molecular formula is C10H8NO. The van der Waals surface area contributed by atoms with Crippen molar-refractivity contribution in [3.63, 3.8) is 0 Å². The smallest absolute Gasteiger partial charge is 0.161 e. The summed E-state index contributed by atoms with van der Waals surface area (Å²) in [5.41, 5.74) is 1.72. The third-order valence-corrected chi connectivity index (χ3v) is 1.91. The minimum atomic E-state index is 0.0841. The van der Waals surface area contributed by atoms with Gasteiger partial charge in [0.25, 0.3) is 0 Å². The van der Waals surface area contributed by atoms with Crippen molar-refractivity contribution in [1.29, 1.82) is 0 Å². The summed E-state index contributed by atoms with van der Waals surface area (Å²) in [6.07, 6.45) is 1.74. The molecule has 0 unspecified atom stereocenters. The average molecular weight is 158 g/mol. The lowest BCUT2D eigenvalue weighted by Gasteiger charge is -1.90. The molecule has 2 aromatic rings. The van der Waals surface area contributed by atoms with Crippen LogP contribution in [0.5, 0.6) is 0 Å². The van der Waals surface area contributed by atoms with Crippen molar-refractivity contribution in [2.75, 3.05) is 0 Å². The summed E-state index contributed by atoms with van der Waals surface area (Å²) in [5.74, 6) is 0.0841. The lowest BCUT2D eigenvalue weighted by atomic mass is 10.1. The number of nitrogens with one attached hydrogen (secondary N) is 1. The number of hydrogen-bond donors (Lipinski definition) is 1. The summed E-state index contributed by atoms with van der Waals surface area (Å²) in [4.78, 5) is 14.1. The van der Waals surface area contributed by atoms with Crippen molar-refractivity contribution in [2.24, 2.45) is 0 Å². The summed E-state index contributed by atoms with van der Waals surface area (Å²) in [7, 11) is 0. The molecule has 2 heteroatoms. The number of aromatic amines is 1. The molecule has 0 aliphatic rings. The second kappa shape index (κ2) is 2.48. The Morgan fingerprint density at radius 1 is 1.58 bits per heavy atom. The van der Waals surface area contributed by atoms with Crippen molar-refractivity contribution in [3.8, 4) is 0 Å². The summed E-state index contributed by atoms with van der Waals surface area (Å²) in [6.45, 7) is 1.57. The van der Waals surface area contributed by atoms with Crippen LogP contribution in [0.25, 0.3) is 10.9 Å². The average Bonchev–Trinajstić information content (AvgIpc) is 2.47. The van der Waals surface area contributed by atoms with Crippen molar-refractivity contribution in [1.82, 2.24) is 4.98 Å². The Kier molecular flexibility index (Phi) is 1.47. The van der Waals surface area contributed by atoms with Crippen molar-refractivity contribution in [3.05, 3.63) is 36.0 Å². The maximum atomic E-state index is 11.1. The van der Waals surface area contributed by atoms with Gasteiger partial charge in [0.15, 0.2) is 5.78 Å². The van der Waals surface area contributed by atoms with Gasteiger partial charge in [0, 0.05) is 22.7 Å². The van der Waals surface area contributed by atoms with Crippen molar-refractivity contribution < 1.29 is 4.79 Å². The number of fused-ring (bicyclic) bond motifs is 1. The first-order chi connectivity index (χ1) is 5.79. The van der Waals surface area contributed by atoms with Gasteiger partial charge < -0.3 is 4.98 Å². The largest absolute Gasteiger partial charge is 0.360 e. The molecule has 0 aliphatic carbocycles. The van der Waals surface area contributed by atoms with Gasteiger partial charge in [0.1, 0.15) is 0 Å². The molecule has 0 spiro atoms. The predicted octanol–water partition coefficient (Wildman–Crippen LogP) is 2.17. The zero-order valence-electron chi connectivity index (χ0n) is 6.72. The van der Waals surface area contributed by atoms with Crippen LogP contribution in [0, 0.1) is 6.07 Å². The third-order valence-electron chi connectivity index (χ3n) is 1.91. The summed E-state index contributed by atoms with van der Waals surface area (Å²) in [6, 6.07) is 8.49. The Morgan fingerprint density at radius 2 is 2.42 bits per heavy atom. The molecule has 1 N–H and O–H groups in total. The molecule has 59 valence electrons. The molecule has 12 heavy (non-hydrogen) atoms. The Bertz CT molecular complexity index is 428. The number of hydrogen-bond acceptors (Lipinski definition) is 1. The highest BCUT2D eigenvalue weighted by atomic mass is 16.1. The van der Waals surface area contributed by atoms with Crippen molar-refractivity contribution in [2.45, 2.75) is 6.92 Å². The Hall–Kier alpha value is -1.57. The van der Waals surface area contributed by atoms with E-state index >= 15 is 0 Å². The van der Waals surface area contributed by atoms with E-state index in [1.165, 1.54) is 0 Å². The van der Waals surface area contributed by atoms with E-state index in [4.69, 9.17) is 0 Å². The van der Waals surface area contributed by atoms with Crippen LogP contribution in [0.1, 0.15) is 17.3 Å². The first-order valence-corrected chi connectivity index (χ1v) is 3.77. The summed E-state index contributed by atoms with van der Waals surface area (Å²) >= 11 is 0. The maximum absolute atomic E-state index is 11.1. The normalized spacial score (nSPS) is 10.4. The standard InChI is InChI=1S/C10H8NO/c1-7(12)9-6-11-10-5-3-2-4-8(9)10/h3-6,11H,1H3. The molecule has 1 radical (unpaired) electrons. The monoisotopic (exact) mass is 158 g/mol. The highest BCUT2D eigenvalue weighted by Crippen LogP contribution is 2.17. The van der Waals surface area contributed by atoms with Crippen molar-refractivity contribution >= 4 is 16.7 Å². The molecule has 0 saturated carbocycles. The van der Waals surface area contributed by atoms with Gasteiger partial charge >= 0.3 is 0 Å². The number of rotatable bonds is 1. The number of Topliss-reactive ketones (excluding diaryl/α,β-unsaturated/α-hetero) is 1. The Balaban J connectivity index is 2.79. The number of ketones is 1. The van der Waals surface area contributed by atoms with E-state index in [2.05, 4.69) is 11.1 Å². The Labute approximate surface area is 70.2 Å². The van der Waals surface area contributed by atoms with Crippen LogP contribution in [0.3, 0.4) is 0 Å². The Morgan fingerprint density at radius 3 is 3.17 bits per heavy atom. The molecule has 0 fully saturated rings. The molecule has 0 amide bonds. The van der Waals surface area contributed by atoms with Crippen LogP contribution < -0.4 is 0 Å². The first kappa shape index (κ1) is 7.10. The van der Waals surface area contributed by atoms with Crippen LogP contribution >= 0.6 is 0 Å². The van der Waals surface area contributed by atoms with Crippen LogP contribution in [0.2, 0.25) is 0 Å². The molecule has 0 atom stereocenters. The minimum Gasteiger partial charge on any atom is -0.360 e. The lowest BCUT2D eigenvalue weighted by molar-refractivity contribution is 0.101. The summed E-state index contributed by atoms with van der Waals surface area (Å²) < 4.78 is 0. The van der Waals surface area contributed by atoms with Gasteiger partial charge in [-0.1, -0.05) is 6.07 Å². The van der Waals surface area contributed by atoms with Gasteiger partial charge in [-0.05, 0) is 25.1 Å². The van der Waals surface area contributed by atoms with Gasteiger partial charge in [0.05, 0.1) is 0 Å². The minimum absolute atomic E-state index is 0.0841. The predicted molar refractivity (Wildman–Crippen MR) is 47.1 cm³/mol. The second-order valence-corrected chi connectivity index (χ2v) is 2.73. The second-order valence-electron chi connectivity index (χ2n) is 2.73. The van der Waals surface area contributed by atoms with Gasteiger partial charge in [-0.25, -0.2) is 0 Å². The summed E-state index contributed by atoms with van der Waals surface area (Å²) in [5, 5.41) is 0.949. The number of aromatic nitrogens is 1. The van der Waals surface area contributed by atoms with Gasteiger partial charge in [-0.3, -0.25) is 4.79 Å². The number of benzene rings is 1.